The second-order valence-electron chi connectivity index (χ2n) is 5.60. The molecular weight excluding hydrogens is 353 g/mol. The summed E-state index contributed by atoms with van der Waals surface area (Å²) in [6.45, 7) is 0. The van der Waals surface area contributed by atoms with Gasteiger partial charge in [-0.25, -0.2) is 4.39 Å². The first-order valence-electron chi connectivity index (χ1n) is 7.75. The van der Waals surface area contributed by atoms with Crippen LogP contribution in [0, 0.1) is 17.1 Å². The van der Waals surface area contributed by atoms with Gasteiger partial charge in [-0.15, -0.1) is 0 Å². The van der Waals surface area contributed by atoms with E-state index >= 15 is 0 Å². The van der Waals surface area contributed by atoms with Gasteiger partial charge in [0.25, 0.3) is 5.91 Å². The molecule has 1 atom stereocenters. The molecule has 1 fully saturated rings. The molecule has 2 amide bonds. The maximum atomic E-state index is 13.2. The number of benzene rings is 2. The van der Waals surface area contributed by atoms with Crippen molar-refractivity contribution in [3.05, 3.63) is 76.6 Å². The third-order valence-electron chi connectivity index (χ3n) is 3.87. The van der Waals surface area contributed by atoms with E-state index in [0.29, 0.717) is 12.1 Å². The van der Waals surface area contributed by atoms with Crippen molar-refractivity contribution in [1.29, 1.82) is 5.26 Å². The standard InChI is InChI=1S/C19H14FN3O2S/c20-13-6-8-14(9-7-13)23-18(25)16(10-12-4-2-1-3-5-12)26-19(23)15(11-21)17(22)24/h1-9,16H,10H2,(H2,22,24)/b19-15-/t16-/m1/s1. The summed E-state index contributed by atoms with van der Waals surface area (Å²) in [6.07, 6.45) is 0.434. The number of carbonyl (C=O) groups excluding carboxylic acids is 2. The number of hydrogen-bond donors (Lipinski definition) is 1. The zero-order valence-electron chi connectivity index (χ0n) is 13.6. The van der Waals surface area contributed by atoms with Crippen LogP contribution in [0.3, 0.4) is 0 Å². The fourth-order valence-corrected chi connectivity index (χ4v) is 3.97. The van der Waals surface area contributed by atoms with E-state index in [9.17, 15) is 19.2 Å². The van der Waals surface area contributed by atoms with E-state index < -0.39 is 17.0 Å². The van der Waals surface area contributed by atoms with Crippen molar-refractivity contribution in [1.82, 2.24) is 0 Å². The van der Waals surface area contributed by atoms with Crippen molar-refractivity contribution in [2.75, 3.05) is 4.90 Å². The summed E-state index contributed by atoms with van der Waals surface area (Å²) in [4.78, 5) is 25.9. The van der Waals surface area contributed by atoms with Crippen LogP contribution >= 0.6 is 11.8 Å². The maximum Gasteiger partial charge on any atom is 0.262 e. The van der Waals surface area contributed by atoms with Crippen LogP contribution < -0.4 is 10.6 Å². The third kappa shape index (κ3) is 3.46. The quantitative estimate of drug-likeness (QED) is 0.665. The van der Waals surface area contributed by atoms with Crippen LogP contribution in [0.15, 0.2) is 65.2 Å². The second kappa shape index (κ2) is 7.42. The number of nitriles is 1. The molecule has 5 nitrogen and oxygen atoms in total. The molecule has 0 spiro atoms. The lowest BCUT2D eigenvalue weighted by molar-refractivity contribution is -0.117. The maximum absolute atomic E-state index is 13.2. The van der Waals surface area contributed by atoms with Gasteiger partial charge in [0.05, 0.1) is 5.25 Å². The Morgan fingerprint density at radius 1 is 1.19 bits per heavy atom. The van der Waals surface area contributed by atoms with Crippen molar-refractivity contribution in [2.24, 2.45) is 5.73 Å². The first-order chi connectivity index (χ1) is 12.5. The van der Waals surface area contributed by atoms with Gasteiger partial charge in [0, 0.05) is 5.69 Å². The summed E-state index contributed by atoms with van der Waals surface area (Å²) in [5, 5.41) is 8.97. The van der Waals surface area contributed by atoms with Crippen LogP contribution in [-0.2, 0) is 16.0 Å². The Hall–Kier alpha value is -3.11. The van der Waals surface area contributed by atoms with E-state index in [-0.39, 0.29) is 16.5 Å². The number of nitrogens with zero attached hydrogens (tertiary/aromatic N) is 2. The molecular formula is C19H14FN3O2S. The highest BCUT2D eigenvalue weighted by molar-refractivity contribution is 8.05. The monoisotopic (exact) mass is 367 g/mol. The van der Waals surface area contributed by atoms with Gasteiger partial charge in [0.15, 0.2) is 0 Å². The molecule has 1 aliphatic heterocycles. The SMILES string of the molecule is N#C/C(C(N)=O)=C1/S[C@H](Cc2ccccc2)C(=O)N1c1ccc(F)cc1. The molecule has 7 heteroatoms. The molecule has 0 radical (unpaired) electrons. The summed E-state index contributed by atoms with van der Waals surface area (Å²) in [6, 6.07) is 16.5. The number of thioether (sulfide) groups is 1. The summed E-state index contributed by atoms with van der Waals surface area (Å²) >= 11 is 1.12. The van der Waals surface area contributed by atoms with Crippen molar-refractivity contribution in [3.8, 4) is 6.07 Å². The number of nitrogens with two attached hydrogens (primary N) is 1. The zero-order chi connectivity index (χ0) is 18.7. The number of carbonyl (C=O) groups is 2. The van der Waals surface area contributed by atoms with E-state index in [2.05, 4.69) is 0 Å². The van der Waals surface area contributed by atoms with Gasteiger partial charge in [-0.3, -0.25) is 14.5 Å². The number of rotatable bonds is 4. The average molecular weight is 367 g/mol. The molecule has 2 aromatic carbocycles. The van der Waals surface area contributed by atoms with Crippen LogP contribution in [0.5, 0.6) is 0 Å². The number of hydrogen-bond acceptors (Lipinski definition) is 4. The highest BCUT2D eigenvalue weighted by Crippen LogP contribution is 2.41. The summed E-state index contributed by atoms with van der Waals surface area (Å²) < 4.78 is 13.2. The van der Waals surface area contributed by atoms with Crippen LogP contribution in [0.2, 0.25) is 0 Å². The van der Waals surface area contributed by atoms with E-state index in [1.807, 2.05) is 30.3 Å². The Morgan fingerprint density at radius 3 is 2.42 bits per heavy atom. The molecule has 3 rings (SSSR count). The summed E-state index contributed by atoms with van der Waals surface area (Å²) in [7, 11) is 0. The van der Waals surface area contributed by atoms with Crippen molar-refractivity contribution >= 4 is 29.3 Å². The normalized spacial score (nSPS) is 18.5. The van der Waals surface area contributed by atoms with E-state index in [1.165, 1.54) is 29.2 Å². The average Bonchev–Trinajstić information content (AvgIpc) is 2.93. The Morgan fingerprint density at radius 2 is 1.85 bits per heavy atom. The molecule has 26 heavy (non-hydrogen) atoms. The third-order valence-corrected chi connectivity index (χ3v) is 5.14. The molecule has 130 valence electrons. The lowest BCUT2D eigenvalue weighted by Crippen LogP contribution is -2.31. The van der Waals surface area contributed by atoms with Crippen LogP contribution in [-0.4, -0.2) is 17.1 Å². The van der Waals surface area contributed by atoms with Crippen LogP contribution in [0.25, 0.3) is 0 Å². The smallest absolute Gasteiger partial charge is 0.262 e. The lowest BCUT2D eigenvalue weighted by Gasteiger charge is -2.18. The predicted octanol–water partition coefficient (Wildman–Crippen LogP) is 2.74. The minimum absolute atomic E-state index is 0.178. The summed E-state index contributed by atoms with van der Waals surface area (Å²) in [5.74, 6) is -1.64. The molecule has 0 aliphatic carbocycles. The van der Waals surface area contributed by atoms with Crippen molar-refractivity contribution < 1.29 is 14.0 Å². The number of halogens is 1. The second-order valence-corrected chi connectivity index (χ2v) is 6.79. The van der Waals surface area contributed by atoms with Gasteiger partial charge in [-0.05, 0) is 36.2 Å². The summed E-state index contributed by atoms with van der Waals surface area (Å²) in [5.41, 5.74) is 6.35. The molecule has 0 unspecified atom stereocenters. The first-order valence-corrected chi connectivity index (χ1v) is 8.63. The van der Waals surface area contributed by atoms with E-state index in [0.717, 1.165) is 17.3 Å². The van der Waals surface area contributed by atoms with E-state index in [4.69, 9.17) is 5.73 Å². The Kier molecular flexibility index (Phi) is 5.05. The van der Waals surface area contributed by atoms with Crippen molar-refractivity contribution in [3.63, 3.8) is 0 Å². The molecule has 0 saturated carbocycles. The van der Waals surface area contributed by atoms with Crippen LogP contribution in [0.4, 0.5) is 10.1 Å². The minimum atomic E-state index is -0.907. The Balaban J connectivity index is 2.03. The molecule has 1 heterocycles. The Labute approximate surface area is 153 Å². The number of amides is 2. The van der Waals surface area contributed by atoms with E-state index in [1.54, 1.807) is 6.07 Å². The number of primary amides is 1. The highest BCUT2D eigenvalue weighted by atomic mass is 32.2. The molecule has 1 saturated heterocycles. The lowest BCUT2D eigenvalue weighted by atomic mass is 10.1. The van der Waals surface area contributed by atoms with Gasteiger partial charge >= 0.3 is 0 Å². The van der Waals surface area contributed by atoms with Gasteiger partial charge in [0.2, 0.25) is 5.91 Å². The highest BCUT2D eigenvalue weighted by Gasteiger charge is 2.40. The van der Waals surface area contributed by atoms with Gasteiger partial charge in [-0.2, -0.15) is 5.26 Å². The van der Waals surface area contributed by atoms with Gasteiger partial charge in [-0.1, -0.05) is 42.1 Å². The Bertz CT molecular complexity index is 920. The fraction of sp³-hybridized carbons (Fsp3) is 0.105. The fourth-order valence-electron chi connectivity index (χ4n) is 2.65. The number of anilines is 1. The predicted molar refractivity (Wildman–Crippen MR) is 97.2 cm³/mol. The molecule has 0 bridgehead atoms. The van der Waals surface area contributed by atoms with Gasteiger partial charge < -0.3 is 5.73 Å². The topological polar surface area (TPSA) is 87.2 Å². The molecule has 2 aromatic rings. The van der Waals surface area contributed by atoms with Crippen molar-refractivity contribution in [2.45, 2.75) is 11.7 Å². The molecule has 0 aromatic heterocycles. The zero-order valence-corrected chi connectivity index (χ0v) is 14.4. The largest absolute Gasteiger partial charge is 0.365 e. The van der Waals surface area contributed by atoms with Gasteiger partial charge in [0.1, 0.15) is 22.5 Å². The molecule has 2 N–H and O–H groups in total. The first kappa shape index (κ1) is 17.7. The molecule has 1 aliphatic rings. The minimum Gasteiger partial charge on any atom is -0.365 e. The van der Waals surface area contributed by atoms with Crippen LogP contribution in [0.1, 0.15) is 5.56 Å².